The molecule has 2 aromatic heterocycles. The maximum Gasteiger partial charge on any atom is 0.234 e. The fraction of sp³-hybridized carbons (Fsp3) is 0.0741. The Morgan fingerprint density at radius 1 is 0.943 bits per heavy atom. The summed E-state index contributed by atoms with van der Waals surface area (Å²) in [6.45, 7) is 0. The predicted octanol–water partition coefficient (Wildman–Crippen LogP) is 5.93. The summed E-state index contributed by atoms with van der Waals surface area (Å²) >= 11 is 1.37. The topological polar surface area (TPSA) is 77.8 Å². The van der Waals surface area contributed by atoms with Crippen LogP contribution < -0.4 is 14.8 Å². The Morgan fingerprint density at radius 2 is 1.66 bits per heavy atom. The van der Waals surface area contributed by atoms with Gasteiger partial charge in [-0.25, -0.2) is 9.50 Å². The third kappa shape index (κ3) is 5.44. The Kier molecular flexibility index (Phi) is 6.63. The molecule has 0 bridgehead atoms. The van der Waals surface area contributed by atoms with Crippen LogP contribution in [0.15, 0.2) is 102 Å². The number of anilines is 1. The fourth-order valence-electron chi connectivity index (χ4n) is 3.47. The van der Waals surface area contributed by atoms with Crippen LogP contribution in [0.3, 0.4) is 0 Å². The lowest BCUT2D eigenvalue weighted by Crippen LogP contribution is -2.14. The molecular weight excluding hydrogens is 460 g/mol. The van der Waals surface area contributed by atoms with E-state index < -0.39 is 0 Å². The second-order valence-electron chi connectivity index (χ2n) is 7.60. The second kappa shape index (κ2) is 10.3. The Hall–Kier alpha value is -4.30. The first-order valence-corrected chi connectivity index (χ1v) is 11.9. The molecule has 0 aliphatic rings. The molecule has 0 aliphatic heterocycles. The van der Waals surface area contributed by atoms with Gasteiger partial charge in [-0.15, -0.1) is 0 Å². The smallest absolute Gasteiger partial charge is 0.234 e. The van der Waals surface area contributed by atoms with Crippen LogP contribution in [0, 0.1) is 0 Å². The molecule has 0 spiro atoms. The normalized spacial score (nSPS) is 10.8. The number of thioether (sulfide) groups is 1. The minimum Gasteiger partial charge on any atom is -0.497 e. The van der Waals surface area contributed by atoms with E-state index in [0.717, 1.165) is 33.3 Å². The van der Waals surface area contributed by atoms with Crippen molar-refractivity contribution in [1.82, 2.24) is 14.6 Å². The second-order valence-corrected chi connectivity index (χ2v) is 8.56. The number of rotatable bonds is 8. The Bertz CT molecular complexity index is 1440. The van der Waals surface area contributed by atoms with E-state index in [1.165, 1.54) is 11.8 Å². The lowest BCUT2D eigenvalue weighted by molar-refractivity contribution is -0.113. The van der Waals surface area contributed by atoms with Crippen molar-refractivity contribution in [2.24, 2.45) is 0 Å². The SMILES string of the molecule is COc1ccc(-c2cc3c(SCC(=O)Nc4ccc(Oc5ccccc5)cc4)nccn3n2)cc1. The molecule has 174 valence electrons. The van der Waals surface area contributed by atoms with E-state index >= 15 is 0 Å². The highest BCUT2D eigenvalue weighted by molar-refractivity contribution is 8.00. The molecule has 0 aliphatic carbocycles. The van der Waals surface area contributed by atoms with Crippen molar-refractivity contribution in [1.29, 1.82) is 0 Å². The zero-order valence-corrected chi connectivity index (χ0v) is 19.7. The van der Waals surface area contributed by atoms with Gasteiger partial charge in [0.05, 0.1) is 24.1 Å². The number of carbonyl (C=O) groups is 1. The van der Waals surface area contributed by atoms with Crippen LogP contribution in [0.2, 0.25) is 0 Å². The summed E-state index contributed by atoms with van der Waals surface area (Å²) in [5, 5.41) is 8.30. The molecule has 3 aromatic carbocycles. The van der Waals surface area contributed by atoms with Crippen molar-refractivity contribution in [3.05, 3.63) is 97.3 Å². The third-order valence-corrected chi connectivity index (χ3v) is 6.19. The van der Waals surface area contributed by atoms with Crippen molar-refractivity contribution in [2.45, 2.75) is 5.03 Å². The number of nitrogens with one attached hydrogen (secondary N) is 1. The van der Waals surface area contributed by atoms with E-state index in [9.17, 15) is 4.79 Å². The van der Waals surface area contributed by atoms with E-state index in [0.29, 0.717) is 11.4 Å². The summed E-state index contributed by atoms with van der Waals surface area (Å²) in [6.07, 6.45) is 3.48. The van der Waals surface area contributed by atoms with Gasteiger partial charge < -0.3 is 14.8 Å². The molecule has 0 radical (unpaired) electrons. The first kappa shape index (κ1) is 22.5. The number of nitrogens with zero attached hydrogens (tertiary/aromatic N) is 3. The van der Waals surface area contributed by atoms with Gasteiger partial charge >= 0.3 is 0 Å². The minimum atomic E-state index is -0.120. The van der Waals surface area contributed by atoms with Gasteiger partial charge in [0.2, 0.25) is 5.91 Å². The van der Waals surface area contributed by atoms with Crippen LogP contribution in [-0.4, -0.2) is 33.4 Å². The largest absolute Gasteiger partial charge is 0.497 e. The molecule has 5 rings (SSSR count). The van der Waals surface area contributed by atoms with E-state index in [1.807, 2.05) is 84.9 Å². The van der Waals surface area contributed by atoms with Crippen molar-refractivity contribution >= 4 is 28.9 Å². The maximum atomic E-state index is 12.6. The first-order valence-electron chi connectivity index (χ1n) is 10.9. The number of benzene rings is 3. The van der Waals surface area contributed by atoms with Crippen molar-refractivity contribution in [3.8, 4) is 28.5 Å². The van der Waals surface area contributed by atoms with Crippen LogP contribution in [0.5, 0.6) is 17.2 Å². The van der Waals surface area contributed by atoms with Crippen LogP contribution in [0.4, 0.5) is 5.69 Å². The average Bonchev–Trinajstić information content (AvgIpc) is 3.34. The van der Waals surface area contributed by atoms with Gasteiger partial charge in [0.25, 0.3) is 0 Å². The third-order valence-electron chi connectivity index (χ3n) is 5.20. The number of para-hydroxylation sites is 1. The van der Waals surface area contributed by atoms with Gasteiger partial charge in [-0.05, 0) is 66.7 Å². The zero-order valence-electron chi connectivity index (χ0n) is 18.9. The maximum absolute atomic E-state index is 12.6. The molecule has 1 amide bonds. The van der Waals surface area contributed by atoms with Crippen LogP contribution in [0.25, 0.3) is 16.8 Å². The Balaban J connectivity index is 1.22. The number of fused-ring (bicyclic) bond motifs is 1. The minimum absolute atomic E-state index is 0.120. The van der Waals surface area contributed by atoms with Gasteiger partial charge in [0.1, 0.15) is 22.3 Å². The van der Waals surface area contributed by atoms with E-state index in [-0.39, 0.29) is 11.7 Å². The number of amides is 1. The fourth-order valence-corrected chi connectivity index (χ4v) is 4.25. The van der Waals surface area contributed by atoms with Crippen LogP contribution in [-0.2, 0) is 4.79 Å². The lowest BCUT2D eigenvalue weighted by atomic mass is 10.1. The summed E-state index contributed by atoms with van der Waals surface area (Å²) in [5.74, 6) is 2.35. The summed E-state index contributed by atoms with van der Waals surface area (Å²) < 4.78 is 12.8. The number of carbonyl (C=O) groups excluding carboxylic acids is 1. The molecule has 35 heavy (non-hydrogen) atoms. The molecule has 7 nitrogen and oxygen atoms in total. The highest BCUT2D eigenvalue weighted by Crippen LogP contribution is 2.27. The lowest BCUT2D eigenvalue weighted by Gasteiger charge is -2.08. The highest BCUT2D eigenvalue weighted by atomic mass is 32.2. The van der Waals surface area contributed by atoms with Gasteiger partial charge in [-0.2, -0.15) is 5.10 Å². The number of methoxy groups -OCH3 is 1. The summed E-state index contributed by atoms with van der Waals surface area (Å²) in [6, 6.07) is 26.5. The summed E-state index contributed by atoms with van der Waals surface area (Å²) in [5.41, 5.74) is 3.35. The van der Waals surface area contributed by atoms with Crippen molar-refractivity contribution in [3.63, 3.8) is 0 Å². The van der Waals surface area contributed by atoms with E-state index in [4.69, 9.17) is 9.47 Å². The molecule has 5 aromatic rings. The molecule has 0 saturated carbocycles. The molecule has 8 heteroatoms. The Morgan fingerprint density at radius 3 is 2.40 bits per heavy atom. The van der Waals surface area contributed by atoms with Crippen molar-refractivity contribution in [2.75, 3.05) is 18.2 Å². The molecule has 0 unspecified atom stereocenters. The molecular formula is C27H22N4O3S. The molecule has 2 heterocycles. The molecule has 0 atom stereocenters. The summed E-state index contributed by atoms with van der Waals surface area (Å²) in [7, 11) is 1.64. The van der Waals surface area contributed by atoms with E-state index in [2.05, 4.69) is 15.4 Å². The van der Waals surface area contributed by atoms with Crippen molar-refractivity contribution < 1.29 is 14.3 Å². The monoisotopic (exact) mass is 482 g/mol. The highest BCUT2D eigenvalue weighted by Gasteiger charge is 2.12. The van der Waals surface area contributed by atoms with Gasteiger partial charge in [0, 0.05) is 23.6 Å². The van der Waals surface area contributed by atoms with Crippen LogP contribution >= 0.6 is 11.8 Å². The molecule has 0 fully saturated rings. The number of hydrogen-bond donors (Lipinski definition) is 1. The van der Waals surface area contributed by atoms with Gasteiger partial charge in [-0.1, -0.05) is 30.0 Å². The molecule has 1 N–H and O–H groups in total. The van der Waals surface area contributed by atoms with Gasteiger partial charge in [-0.3, -0.25) is 4.79 Å². The quantitative estimate of drug-likeness (QED) is 0.276. The average molecular weight is 483 g/mol. The summed E-state index contributed by atoms with van der Waals surface area (Å²) in [4.78, 5) is 17.0. The standard InChI is InChI=1S/C27H22N4O3S/c1-33-21-11-7-19(8-12-21)24-17-25-27(28-15-16-31(25)30-24)35-18-26(32)29-20-9-13-23(14-10-20)34-22-5-3-2-4-6-22/h2-17H,18H2,1H3,(H,29,32). The zero-order chi connectivity index (χ0) is 24.0. The first-order chi connectivity index (χ1) is 17.2. The number of hydrogen-bond acceptors (Lipinski definition) is 6. The number of ether oxygens (including phenoxy) is 2. The number of aromatic nitrogens is 3. The van der Waals surface area contributed by atoms with Gasteiger partial charge in [0.15, 0.2) is 0 Å². The Labute approximate surface area is 206 Å². The van der Waals surface area contributed by atoms with Crippen LogP contribution in [0.1, 0.15) is 0 Å². The van der Waals surface area contributed by atoms with E-state index in [1.54, 1.807) is 24.0 Å². The predicted molar refractivity (Wildman–Crippen MR) is 137 cm³/mol. The molecule has 0 saturated heterocycles.